The highest BCUT2D eigenvalue weighted by atomic mass is 79.9. The maximum absolute atomic E-state index is 14.5. The number of methoxy groups -OCH3 is 4. The van der Waals surface area contributed by atoms with Crippen LogP contribution in [0.2, 0.25) is 0 Å². The second-order valence-corrected chi connectivity index (χ2v) is 31.2. The fraction of sp³-hybridized carbons (Fsp3) is 0.170. The number of rotatable bonds is 23. The van der Waals surface area contributed by atoms with Gasteiger partial charge in [0.1, 0.15) is 52.1 Å². The van der Waals surface area contributed by atoms with E-state index in [1.54, 1.807) is 103 Å². The highest BCUT2D eigenvalue weighted by Gasteiger charge is 2.36. The molecular weight excluding hydrogens is 1900 g/mol. The molecule has 1 amide bonds. The summed E-state index contributed by atoms with van der Waals surface area (Å²) in [4.78, 5) is 101. The van der Waals surface area contributed by atoms with E-state index in [1.807, 2.05) is 24.3 Å². The van der Waals surface area contributed by atoms with E-state index in [0.29, 0.717) is 141 Å². The number of nitrogen functional groups attached to an aromatic ring is 3. The number of aromatic nitrogens is 18. The molecule has 4 unspecified atom stereocenters. The standard InChI is InChI=1S/C31H30FN9O4.C19H14FN7O3.C18H12FN7O3.C9H8BrFO2.C9H9FO2.C8H7FO2/c1-43-16-17-44-23-9-7-22(8-10-23)38-11-13-39(14-12-38)30(42)26(20-4-2-5-21(32)18-20)40-29-24(19-34-40)28-35-27(25-6-3-15-45-25)37-41(28)31(33)36-29;1-29-18(28)14(10-4-2-5-11(20)8-10)26-17-12(9-22-26)16-23-15(13-6-3-7-30-13)25-27(16)19(21)24-17;19-10-4-1-3-9(7-10)13(17(27)28)25-16-11(8-21-25)15-22-14(12-5-2-6-29-12)24-26(15)18(20)23-16;1-13-9(12)8(10)6-3-2-4-7(11)5-6;1-12-9(11)6-7-3-2-4-8(10)5-7;9-7-3-1-2-6(4-7)5-8(10)11/h2-10,15,18-19,26H,11-14,16-17H2,1H3,(H2,33,36);2-9,14H,1H3,(H2,21,24);1-8,13H,(H2,20,23)(H,27,28);2-5,8H,1H3;2-5H,6H2,1H3;1-4H,5H2,(H,10,11). The lowest BCUT2D eigenvalue weighted by Crippen LogP contribution is -2.51. The Hall–Kier alpha value is -17.7. The number of hydrogen-bond acceptors (Lipinski definition) is 30. The number of amides is 1. The molecular formula is C94H80BrF6N23O16. The van der Waals surface area contributed by atoms with Crippen LogP contribution in [0, 0.1) is 34.9 Å². The van der Waals surface area contributed by atoms with Crippen LogP contribution in [0.3, 0.4) is 0 Å². The number of fused-ring (bicyclic) bond motifs is 9. The van der Waals surface area contributed by atoms with Crippen LogP contribution < -0.4 is 26.8 Å². The summed E-state index contributed by atoms with van der Waals surface area (Å²) < 4.78 is 128. The molecule has 0 aliphatic carbocycles. The van der Waals surface area contributed by atoms with Crippen molar-refractivity contribution in [1.29, 1.82) is 0 Å². The summed E-state index contributed by atoms with van der Waals surface area (Å²) in [5, 5.41) is 45.7. The minimum atomic E-state index is -1.30. The Bertz CT molecular complexity index is 7650. The summed E-state index contributed by atoms with van der Waals surface area (Å²) in [6, 6.07) is 49.0. The molecule has 716 valence electrons. The summed E-state index contributed by atoms with van der Waals surface area (Å²) in [6.07, 6.45) is 9.01. The first-order valence-corrected chi connectivity index (χ1v) is 42.9. The number of benzene rings is 7. The van der Waals surface area contributed by atoms with Crippen molar-refractivity contribution >= 4 is 125 Å². The molecule has 0 spiro atoms. The van der Waals surface area contributed by atoms with Crippen LogP contribution in [0.5, 0.6) is 5.75 Å². The number of esters is 3. The predicted octanol–water partition coefficient (Wildman–Crippen LogP) is 13.2. The van der Waals surface area contributed by atoms with Crippen LogP contribution in [0.25, 0.3) is 84.8 Å². The van der Waals surface area contributed by atoms with Crippen molar-refractivity contribution < 1.29 is 102 Å². The van der Waals surface area contributed by atoms with Crippen LogP contribution >= 0.6 is 15.9 Å². The second-order valence-electron chi connectivity index (χ2n) is 30.2. The molecule has 13 heterocycles. The Balaban J connectivity index is 0.000000137. The van der Waals surface area contributed by atoms with Gasteiger partial charge < -0.3 is 74.1 Å². The number of ether oxygens (including phenoxy) is 5. The average molecular weight is 1980 g/mol. The lowest BCUT2D eigenvalue weighted by molar-refractivity contribution is -0.143. The summed E-state index contributed by atoms with van der Waals surface area (Å²) in [6.45, 7) is 3.16. The third-order valence-corrected chi connectivity index (χ3v) is 22.0. The van der Waals surface area contributed by atoms with Crippen molar-refractivity contribution in [2.75, 3.05) is 89.9 Å². The number of furan rings is 3. The first kappa shape index (κ1) is 96.8. The second kappa shape index (κ2) is 43.7. The van der Waals surface area contributed by atoms with Gasteiger partial charge in [-0.2, -0.15) is 43.8 Å². The van der Waals surface area contributed by atoms with Crippen molar-refractivity contribution in [2.45, 2.75) is 35.8 Å². The van der Waals surface area contributed by atoms with Gasteiger partial charge in [-0.15, -0.1) is 15.3 Å². The van der Waals surface area contributed by atoms with Gasteiger partial charge in [0, 0.05) is 39.0 Å². The molecule has 1 aliphatic heterocycles. The van der Waals surface area contributed by atoms with Gasteiger partial charge in [-0.3, -0.25) is 19.2 Å². The number of carboxylic acid groups (broad SMARTS) is 2. The number of aliphatic carboxylic acids is 2. The van der Waals surface area contributed by atoms with E-state index in [2.05, 4.69) is 90.8 Å². The van der Waals surface area contributed by atoms with Gasteiger partial charge in [0.25, 0.3) is 5.91 Å². The monoisotopic (exact) mass is 1980 g/mol. The predicted molar refractivity (Wildman–Crippen MR) is 494 cm³/mol. The van der Waals surface area contributed by atoms with Crippen molar-refractivity contribution in [3.8, 4) is 40.5 Å². The molecule has 20 rings (SSSR count). The molecule has 12 aromatic heterocycles. The van der Waals surface area contributed by atoms with E-state index >= 15 is 0 Å². The molecule has 19 aromatic rings. The zero-order valence-electron chi connectivity index (χ0n) is 74.0. The number of hydrogen-bond donors (Lipinski definition) is 5. The van der Waals surface area contributed by atoms with Crippen LogP contribution in [-0.4, -0.2) is 207 Å². The van der Waals surface area contributed by atoms with E-state index in [0.717, 1.165) is 17.5 Å². The molecule has 1 fully saturated rings. The Labute approximate surface area is 794 Å². The van der Waals surface area contributed by atoms with E-state index in [1.165, 1.54) is 171 Å². The Morgan fingerprint density at radius 3 is 1.17 bits per heavy atom. The van der Waals surface area contributed by atoms with Crippen molar-refractivity contribution in [3.05, 3.63) is 312 Å². The topological polar surface area (TPSA) is 496 Å². The van der Waals surface area contributed by atoms with E-state index in [4.69, 9.17) is 49.8 Å². The number of halogens is 7. The minimum absolute atomic E-state index is 0.0112. The van der Waals surface area contributed by atoms with Crippen molar-refractivity contribution in [2.24, 2.45) is 0 Å². The summed E-state index contributed by atoms with van der Waals surface area (Å²) >= 11 is 3.10. The summed E-state index contributed by atoms with van der Waals surface area (Å²) in [5.74, 6) is -3.28. The highest BCUT2D eigenvalue weighted by molar-refractivity contribution is 9.09. The van der Waals surface area contributed by atoms with Gasteiger partial charge in [-0.25, -0.2) is 64.9 Å². The lowest BCUT2D eigenvalue weighted by atomic mass is 10.0. The Morgan fingerprint density at radius 1 is 0.414 bits per heavy atom. The zero-order chi connectivity index (χ0) is 99.0. The van der Waals surface area contributed by atoms with Gasteiger partial charge in [-0.1, -0.05) is 88.7 Å². The minimum Gasteiger partial charge on any atom is -0.491 e. The molecule has 1 saturated heterocycles. The molecule has 0 saturated carbocycles. The van der Waals surface area contributed by atoms with Crippen molar-refractivity contribution in [1.82, 2.24) is 93.0 Å². The first-order valence-electron chi connectivity index (χ1n) is 42.0. The molecule has 46 heteroatoms. The van der Waals surface area contributed by atoms with Crippen molar-refractivity contribution in [3.63, 3.8) is 0 Å². The van der Waals surface area contributed by atoms with Crippen LogP contribution in [0.4, 0.5) is 49.9 Å². The largest absolute Gasteiger partial charge is 0.491 e. The van der Waals surface area contributed by atoms with Gasteiger partial charge in [0.2, 0.25) is 35.3 Å². The third-order valence-electron chi connectivity index (χ3n) is 21.1. The molecule has 1 aliphatic rings. The number of carboxylic acids is 2. The smallest absolute Gasteiger partial charge is 0.335 e. The Kier molecular flexibility index (Phi) is 30.3. The molecule has 0 radical (unpaired) electrons. The Morgan fingerprint density at radius 2 is 0.793 bits per heavy atom. The van der Waals surface area contributed by atoms with E-state index in [9.17, 15) is 60.2 Å². The number of piperazine rings is 1. The fourth-order valence-electron chi connectivity index (χ4n) is 14.6. The fourth-order valence-corrected chi connectivity index (χ4v) is 15.1. The molecule has 0 bridgehead atoms. The molecule has 39 nitrogen and oxygen atoms in total. The van der Waals surface area contributed by atoms with E-state index in [-0.39, 0.29) is 71.1 Å². The maximum Gasteiger partial charge on any atom is 0.335 e. The molecule has 4 atom stereocenters. The summed E-state index contributed by atoms with van der Waals surface area (Å²) in [5.41, 5.74) is 24.0. The number of nitrogens with two attached hydrogens (primary N) is 3. The zero-order valence-corrected chi connectivity index (χ0v) is 75.6. The van der Waals surface area contributed by atoms with Crippen LogP contribution in [0.1, 0.15) is 56.3 Å². The van der Waals surface area contributed by atoms with Crippen LogP contribution in [-0.2, 0) is 60.6 Å². The third kappa shape index (κ3) is 22.3. The first-order chi connectivity index (χ1) is 67.6. The summed E-state index contributed by atoms with van der Waals surface area (Å²) in [7, 11) is 5.47. The number of nitrogens with zero attached hydrogens (tertiary/aromatic N) is 20. The van der Waals surface area contributed by atoms with E-state index < -0.39 is 70.1 Å². The van der Waals surface area contributed by atoms with Crippen LogP contribution in [0.15, 0.2) is 257 Å². The number of alkyl halides is 1. The molecule has 8 N–H and O–H groups in total. The molecule has 7 aromatic carbocycles. The lowest BCUT2D eigenvalue weighted by Gasteiger charge is -2.37. The quantitative estimate of drug-likeness (QED) is 0.0130. The average Bonchev–Trinajstić information content (AvgIpc) is 1.60. The SMILES string of the molecule is COC(=O)C(Br)c1cccc(F)c1.COC(=O)C(c1cccc(F)c1)n1ncc2c1nc(N)n1nc(-c3ccco3)nc21.COC(=O)Cc1cccc(F)c1.COCCOc1ccc(N2CCN(C(=O)C(c3cccc(F)c3)n3ncc4c3nc(N)n3nc(-c5ccco5)nc43)CC2)cc1.Nc1nc2c(cnn2C(C(=O)O)c2cccc(F)c2)c2nc(-c3ccco3)nn12.O=C(O)Cc1cccc(F)c1. The number of carbonyl (C=O) groups is 6. The van der Waals surface area contributed by atoms with Gasteiger partial charge in [0.15, 0.2) is 69.3 Å². The maximum atomic E-state index is 14.5. The van der Waals surface area contributed by atoms with Gasteiger partial charge in [-0.05, 0) is 167 Å². The highest BCUT2D eigenvalue weighted by Crippen LogP contribution is 2.35. The molecule has 140 heavy (non-hydrogen) atoms. The number of carbonyl (C=O) groups excluding carboxylic acids is 4. The van der Waals surface area contributed by atoms with Gasteiger partial charge >= 0.3 is 29.8 Å². The number of anilines is 4. The normalized spacial score (nSPS) is 12.6. The van der Waals surface area contributed by atoms with Gasteiger partial charge in [0.05, 0.1) is 94.3 Å².